The van der Waals surface area contributed by atoms with Crippen molar-refractivity contribution in [1.82, 2.24) is 0 Å². The largest absolute Gasteiger partial charge is 0.497 e. The van der Waals surface area contributed by atoms with E-state index in [1.807, 2.05) is 63.2 Å². The van der Waals surface area contributed by atoms with Crippen molar-refractivity contribution in [3.05, 3.63) is 53.6 Å². The number of aryl methyl sites for hydroxylation is 2. The number of amides is 1. The number of methoxy groups -OCH3 is 1. The number of carbonyl (C=O) groups excluding carboxylic acids is 1. The number of rotatable bonds is 5. The highest BCUT2D eigenvalue weighted by Gasteiger charge is 2.15. The third-order valence-electron chi connectivity index (χ3n) is 3.39. The Morgan fingerprint density at radius 3 is 2.45 bits per heavy atom. The summed E-state index contributed by atoms with van der Waals surface area (Å²) >= 11 is 1.53. The van der Waals surface area contributed by atoms with Gasteiger partial charge in [0, 0.05) is 10.6 Å². The molecule has 0 unspecified atom stereocenters. The number of carbonyl (C=O) groups is 1. The van der Waals surface area contributed by atoms with Gasteiger partial charge in [0.15, 0.2) is 0 Å². The van der Waals surface area contributed by atoms with Gasteiger partial charge in [-0.15, -0.1) is 11.8 Å². The summed E-state index contributed by atoms with van der Waals surface area (Å²) in [6, 6.07) is 13.8. The monoisotopic (exact) mass is 315 g/mol. The van der Waals surface area contributed by atoms with Crippen LogP contribution in [0.5, 0.6) is 5.75 Å². The van der Waals surface area contributed by atoms with Gasteiger partial charge in [-0.25, -0.2) is 0 Å². The standard InChI is InChI=1S/C18H21NO2S/c1-12-5-6-13(2)17(11-12)19-18(20)14(3)22-16-9-7-15(21-4)8-10-16/h5-11,14H,1-4H3,(H,19,20)/t14-/m1/s1. The van der Waals surface area contributed by atoms with Crippen molar-refractivity contribution in [2.45, 2.75) is 30.9 Å². The van der Waals surface area contributed by atoms with E-state index >= 15 is 0 Å². The molecule has 0 aliphatic rings. The molecule has 0 aliphatic heterocycles. The first-order valence-corrected chi connectivity index (χ1v) is 8.06. The molecule has 0 spiro atoms. The van der Waals surface area contributed by atoms with Crippen LogP contribution in [-0.4, -0.2) is 18.3 Å². The molecular weight excluding hydrogens is 294 g/mol. The Balaban J connectivity index is 2.00. The van der Waals surface area contributed by atoms with Crippen molar-refractivity contribution < 1.29 is 9.53 Å². The lowest BCUT2D eigenvalue weighted by Crippen LogP contribution is -2.22. The molecule has 1 N–H and O–H groups in total. The molecule has 0 bridgehead atoms. The molecule has 0 aromatic heterocycles. The number of benzene rings is 2. The molecular formula is C18H21NO2S. The lowest BCUT2D eigenvalue weighted by atomic mass is 10.1. The summed E-state index contributed by atoms with van der Waals surface area (Å²) in [7, 11) is 1.64. The summed E-state index contributed by atoms with van der Waals surface area (Å²) in [5.41, 5.74) is 3.09. The van der Waals surface area contributed by atoms with Crippen LogP contribution in [0, 0.1) is 13.8 Å². The van der Waals surface area contributed by atoms with Crippen LogP contribution in [-0.2, 0) is 4.79 Å². The fraction of sp³-hybridized carbons (Fsp3) is 0.278. The highest BCUT2D eigenvalue weighted by atomic mass is 32.2. The number of nitrogens with one attached hydrogen (secondary N) is 1. The highest BCUT2D eigenvalue weighted by molar-refractivity contribution is 8.00. The van der Waals surface area contributed by atoms with Gasteiger partial charge in [0.1, 0.15) is 5.75 Å². The van der Waals surface area contributed by atoms with Gasteiger partial charge < -0.3 is 10.1 Å². The zero-order valence-electron chi connectivity index (χ0n) is 13.3. The van der Waals surface area contributed by atoms with Crippen molar-refractivity contribution in [2.24, 2.45) is 0 Å². The van der Waals surface area contributed by atoms with Gasteiger partial charge in [-0.3, -0.25) is 4.79 Å². The lowest BCUT2D eigenvalue weighted by molar-refractivity contribution is -0.115. The molecule has 22 heavy (non-hydrogen) atoms. The van der Waals surface area contributed by atoms with E-state index < -0.39 is 0 Å². The van der Waals surface area contributed by atoms with Gasteiger partial charge in [0.05, 0.1) is 12.4 Å². The second-order valence-electron chi connectivity index (χ2n) is 5.24. The Hall–Kier alpha value is -1.94. The van der Waals surface area contributed by atoms with E-state index in [1.54, 1.807) is 7.11 Å². The summed E-state index contributed by atoms with van der Waals surface area (Å²) in [6.45, 7) is 5.93. The van der Waals surface area contributed by atoms with E-state index in [2.05, 4.69) is 5.32 Å². The van der Waals surface area contributed by atoms with Crippen molar-refractivity contribution >= 4 is 23.4 Å². The highest BCUT2D eigenvalue weighted by Crippen LogP contribution is 2.26. The second-order valence-corrected chi connectivity index (χ2v) is 6.66. The van der Waals surface area contributed by atoms with Crippen LogP contribution < -0.4 is 10.1 Å². The molecule has 0 saturated heterocycles. The molecule has 0 heterocycles. The maximum atomic E-state index is 12.3. The minimum Gasteiger partial charge on any atom is -0.497 e. The maximum Gasteiger partial charge on any atom is 0.237 e. The summed E-state index contributed by atoms with van der Waals surface area (Å²) < 4.78 is 5.14. The van der Waals surface area contributed by atoms with Crippen molar-refractivity contribution in [1.29, 1.82) is 0 Å². The maximum absolute atomic E-state index is 12.3. The molecule has 2 aromatic carbocycles. The van der Waals surface area contributed by atoms with Crippen LogP contribution in [0.1, 0.15) is 18.1 Å². The van der Waals surface area contributed by atoms with Crippen molar-refractivity contribution in [2.75, 3.05) is 12.4 Å². The van der Waals surface area contributed by atoms with Crippen molar-refractivity contribution in [3.63, 3.8) is 0 Å². The minimum atomic E-state index is -0.173. The molecule has 1 atom stereocenters. The molecule has 3 nitrogen and oxygen atoms in total. The zero-order chi connectivity index (χ0) is 16.1. The van der Waals surface area contributed by atoms with Gasteiger partial charge in [-0.05, 0) is 62.2 Å². The summed E-state index contributed by atoms with van der Waals surface area (Å²) in [5.74, 6) is 0.825. The molecule has 1 amide bonds. The van der Waals surface area contributed by atoms with Gasteiger partial charge in [0.25, 0.3) is 0 Å². The van der Waals surface area contributed by atoms with E-state index in [0.29, 0.717) is 0 Å². The molecule has 0 saturated carbocycles. The van der Waals surface area contributed by atoms with Crippen molar-refractivity contribution in [3.8, 4) is 5.75 Å². The number of hydrogen-bond acceptors (Lipinski definition) is 3. The Morgan fingerprint density at radius 1 is 1.14 bits per heavy atom. The molecule has 2 rings (SSSR count). The lowest BCUT2D eigenvalue weighted by Gasteiger charge is -2.14. The smallest absolute Gasteiger partial charge is 0.237 e. The van der Waals surface area contributed by atoms with Gasteiger partial charge in [-0.1, -0.05) is 12.1 Å². The molecule has 0 aliphatic carbocycles. The fourth-order valence-electron chi connectivity index (χ4n) is 2.02. The second kappa shape index (κ2) is 7.36. The first-order valence-electron chi connectivity index (χ1n) is 7.18. The third kappa shape index (κ3) is 4.28. The Morgan fingerprint density at radius 2 is 1.82 bits per heavy atom. The third-order valence-corrected chi connectivity index (χ3v) is 4.50. The Kier molecular flexibility index (Phi) is 5.50. The number of anilines is 1. The number of ether oxygens (including phenoxy) is 1. The minimum absolute atomic E-state index is 0.00881. The van der Waals surface area contributed by atoms with Crippen LogP contribution >= 0.6 is 11.8 Å². The molecule has 4 heteroatoms. The average molecular weight is 315 g/mol. The normalized spacial score (nSPS) is 11.8. The zero-order valence-corrected chi connectivity index (χ0v) is 14.2. The van der Waals surface area contributed by atoms with E-state index in [1.165, 1.54) is 11.8 Å². The van der Waals surface area contributed by atoms with Crippen LogP contribution in [0.4, 0.5) is 5.69 Å². The first-order chi connectivity index (χ1) is 10.5. The summed E-state index contributed by atoms with van der Waals surface area (Å²) in [4.78, 5) is 13.4. The predicted molar refractivity (Wildman–Crippen MR) is 92.9 cm³/mol. The SMILES string of the molecule is COc1ccc(S[C@H](C)C(=O)Nc2cc(C)ccc2C)cc1. The fourth-order valence-corrected chi connectivity index (χ4v) is 2.88. The first kappa shape index (κ1) is 16.4. The van der Waals surface area contributed by atoms with Crippen LogP contribution in [0.2, 0.25) is 0 Å². The van der Waals surface area contributed by atoms with Crippen LogP contribution in [0.3, 0.4) is 0 Å². The topological polar surface area (TPSA) is 38.3 Å². The quantitative estimate of drug-likeness (QED) is 0.829. The molecule has 0 fully saturated rings. The van der Waals surface area contributed by atoms with E-state index in [-0.39, 0.29) is 11.2 Å². The van der Waals surface area contributed by atoms with E-state index in [0.717, 1.165) is 27.5 Å². The van der Waals surface area contributed by atoms with Crippen LogP contribution in [0.15, 0.2) is 47.4 Å². The van der Waals surface area contributed by atoms with Crippen LogP contribution in [0.25, 0.3) is 0 Å². The number of thioether (sulfide) groups is 1. The van der Waals surface area contributed by atoms with Gasteiger partial charge in [0.2, 0.25) is 5.91 Å². The summed E-state index contributed by atoms with van der Waals surface area (Å²) in [5, 5.41) is 2.84. The van der Waals surface area contributed by atoms with Gasteiger partial charge in [-0.2, -0.15) is 0 Å². The number of hydrogen-bond donors (Lipinski definition) is 1. The van der Waals surface area contributed by atoms with E-state index in [4.69, 9.17) is 4.74 Å². The average Bonchev–Trinajstić information content (AvgIpc) is 2.51. The van der Waals surface area contributed by atoms with E-state index in [9.17, 15) is 4.79 Å². The Labute approximate surface area is 136 Å². The predicted octanol–water partition coefficient (Wildman–Crippen LogP) is 4.43. The molecule has 116 valence electrons. The Bertz CT molecular complexity index is 653. The van der Waals surface area contributed by atoms with Gasteiger partial charge >= 0.3 is 0 Å². The summed E-state index contributed by atoms with van der Waals surface area (Å²) in [6.07, 6.45) is 0. The molecule has 0 radical (unpaired) electrons. The molecule has 2 aromatic rings.